The first-order valence-corrected chi connectivity index (χ1v) is 6.25. The lowest BCUT2D eigenvalue weighted by molar-refractivity contribution is -0.121. The Morgan fingerprint density at radius 3 is 3.00 bits per heavy atom. The highest BCUT2D eigenvalue weighted by Gasteiger charge is 2.28. The minimum absolute atomic E-state index is 0.104. The van der Waals surface area contributed by atoms with Gasteiger partial charge >= 0.3 is 6.09 Å². The van der Waals surface area contributed by atoms with Crippen LogP contribution >= 0.6 is 0 Å². The van der Waals surface area contributed by atoms with E-state index in [1.54, 1.807) is 23.2 Å². The number of carbonyl (C=O) groups is 2. The molecule has 0 aromatic carbocycles. The number of nitrogens with one attached hydrogen (secondary N) is 1. The molecule has 1 aromatic heterocycles. The molecule has 2 heterocycles. The van der Waals surface area contributed by atoms with Crippen LogP contribution in [0.25, 0.3) is 0 Å². The normalized spacial score (nSPS) is 18.8. The van der Waals surface area contributed by atoms with Gasteiger partial charge in [0.2, 0.25) is 5.91 Å². The molecule has 0 radical (unpaired) electrons. The molecule has 1 aliphatic rings. The Labute approximate surface area is 111 Å². The smallest absolute Gasteiger partial charge is 0.409 e. The van der Waals surface area contributed by atoms with Gasteiger partial charge in [0.1, 0.15) is 5.82 Å². The van der Waals surface area contributed by atoms with Crippen molar-refractivity contribution < 1.29 is 14.3 Å². The second-order valence-electron chi connectivity index (χ2n) is 4.46. The number of aromatic nitrogens is 1. The average Bonchev–Trinajstić information content (AvgIpc) is 2.47. The summed E-state index contributed by atoms with van der Waals surface area (Å²) in [4.78, 5) is 29.2. The van der Waals surface area contributed by atoms with E-state index in [0.29, 0.717) is 18.9 Å². The summed E-state index contributed by atoms with van der Waals surface area (Å²) < 4.78 is 4.68. The number of hydrogen-bond donors (Lipinski definition) is 1. The highest BCUT2D eigenvalue weighted by atomic mass is 16.5. The number of pyridine rings is 1. The zero-order valence-corrected chi connectivity index (χ0v) is 10.8. The fourth-order valence-corrected chi connectivity index (χ4v) is 2.15. The zero-order chi connectivity index (χ0) is 13.7. The summed E-state index contributed by atoms with van der Waals surface area (Å²) in [6, 6.07) is 5.33. The molecule has 102 valence electrons. The molecule has 19 heavy (non-hydrogen) atoms. The van der Waals surface area contributed by atoms with Crippen molar-refractivity contribution in [2.24, 2.45) is 5.92 Å². The fourth-order valence-electron chi connectivity index (χ4n) is 2.15. The van der Waals surface area contributed by atoms with Crippen LogP contribution in [0.1, 0.15) is 12.8 Å². The quantitative estimate of drug-likeness (QED) is 0.877. The van der Waals surface area contributed by atoms with E-state index in [1.807, 2.05) is 6.07 Å². The summed E-state index contributed by atoms with van der Waals surface area (Å²) in [7, 11) is 1.35. The first-order chi connectivity index (χ1) is 9.20. The van der Waals surface area contributed by atoms with Gasteiger partial charge in [0.05, 0.1) is 13.0 Å². The van der Waals surface area contributed by atoms with Crippen molar-refractivity contribution in [3.05, 3.63) is 24.4 Å². The van der Waals surface area contributed by atoms with Crippen LogP contribution in [-0.4, -0.2) is 42.1 Å². The molecule has 1 atom stereocenters. The number of anilines is 1. The van der Waals surface area contributed by atoms with Crippen LogP contribution < -0.4 is 5.32 Å². The van der Waals surface area contributed by atoms with Gasteiger partial charge < -0.3 is 15.0 Å². The van der Waals surface area contributed by atoms with Gasteiger partial charge in [0, 0.05) is 19.3 Å². The van der Waals surface area contributed by atoms with Gasteiger partial charge in [-0.25, -0.2) is 9.78 Å². The molecule has 0 aliphatic carbocycles. The van der Waals surface area contributed by atoms with Gasteiger partial charge in [0.25, 0.3) is 0 Å². The zero-order valence-electron chi connectivity index (χ0n) is 10.8. The fraction of sp³-hybridized carbons (Fsp3) is 0.462. The maximum Gasteiger partial charge on any atom is 0.409 e. The molecule has 0 saturated carbocycles. The Bertz CT molecular complexity index is 450. The predicted molar refractivity (Wildman–Crippen MR) is 69.6 cm³/mol. The summed E-state index contributed by atoms with van der Waals surface area (Å²) in [5.41, 5.74) is 0. The van der Waals surface area contributed by atoms with Gasteiger partial charge in [-0.15, -0.1) is 0 Å². The van der Waals surface area contributed by atoms with Gasteiger partial charge in [-0.1, -0.05) is 6.07 Å². The number of likely N-dealkylation sites (tertiary alicyclic amines) is 1. The molecule has 0 spiro atoms. The highest BCUT2D eigenvalue weighted by molar-refractivity contribution is 5.92. The van der Waals surface area contributed by atoms with E-state index < -0.39 is 0 Å². The predicted octanol–water partition coefficient (Wildman–Crippen LogP) is 1.50. The number of amides is 2. The molecular weight excluding hydrogens is 246 g/mol. The van der Waals surface area contributed by atoms with Crippen molar-refractivity contribution in [1.82, 2.24) is 9.88 Å². The van der Waals surface area contributed by atoms with Gasteiger partial charge in [0.15, 0.2) is 0 Å². The number of carbonyl (C=O) groups excluding carboxylic acids is 2. The maximum absolute atomic E-state index is 12.1. The number of nitrogens with zero attached hydrogens (tertiary/aromatic N) is 2. The van der Waals surface area contributed by atoms with Crippen molar-refractivity contribution in [3.8, 4) is 0 Å². The molecule has 1 aliphatic heterocycles. The Morgan fingerprint density at radius 1 is 1.47 bits per heavy atom. The Hall–Kier alpha value is -2.11. The molecule has 1 N–H and O–H groups in total. The van der Waals surface area contributed by atoms with Gasteiger partial charge in [-0.3, -0.25) is 4.79 Å². The third-order valence-electron chi connectivity index (χ3n) is 3.14. The van der Waals surface area contributed by atoms with Crippen LogP contribution in [0.3, 0.4) is 0 Å². The third kappa shape index (κ3) is 3.43. The van der Waals surface area contributed by atoms with Crippen molar-refractivity contribution in [3.63, 3.8) is 0 Å². The number of rotatable bonds is 2. The molecule has 1 unspecified atom stereocenters. The molecule has 1 saturated heterocycles. The molecule has 0 bridgehead atoms. The number of ether oxygens (including phenoxy) is 1. The SMILES string of the molecule is COC(=O)N1CCCC(C(=O)Nc2ccccn2)C1. The van der Waals surface area contributed by atoms with Gasteiger partial charge in [-0.2, -0.15) is 0 Å². The summed E-state index contributed by atoms with van der Waals surface area (Å²) in [6.45, 7) is 1.03. The summed E-state index contributed by atoms with van der Waals surface area (Å²) >= 11 is 0. The topological polar surface area (TPSA) is 71.5 Å². The van der Waals surface area contributed by atoms with E-state index in [1.165, 1.54) is 7.11 Å². The van der Waals surface area contributed by atoms with E-state index in [0.717, 1.165) is 12.8 Å². The number of methoxy groups -OCH3 is 1. The Kier molecular flexibility index (Phi) is 4.33. The first-order valence-electron chi connectivity index (χ1n) is 6.25. The standard InChI is InChI=1S/C13H17N3O3/c1-19-13(18)16-8-4-5-10(9-16)12(17)15-11-6-2-3-7-14-11/h2-3,6-7,10H,4-5,8-9H2,1H3,(H,14,15,17). The van der Waals surface area contributed by atoms with Crippen molar-refractivity contribution in [2.75, 3.05) is 25.5 Å². The molecular formula is C13H17N3O3. The van der Waals surface area contributed by atoms with E-state index in [4.69, 9.17) is 0 Å². The second-order valence-corrected chi connectivity index (χ2v) is 4.46. The first kappa shape index (κ1) is 13.3. The lowest BCUT2D eigenvalue weighted by Crippen LogP contribution is -2.43. The largest absolute Gasteiger partial charge is 0.453 e. The molecule has 1 fully saturated rings. The summed E-state index contributed by atoms with van der Waals surface area (Å²) in [5, 5.41) is 2.76. The molecule has 2 amide bonds. The minimum Gasteiger partial charge on any atom is -0.453 e. The maximum atomic E-state index is 12.1. The van der Waals surface area contributed by atoms with Crippen molar-refractivity contribution in [1.29, 1.82) is 0 Å². The summed E-state index contributed by atoms with van der Waals surface area (Å²) in [6.07, 6.45) is 2.81. The monoisotopic (exact) mass is 263 g/mol. The lowest BCUT2D eigenvalue weighted by atomic mass is 9.97. The third-order valence-corrected chi connectivity index (χ3v) is 3.14. The number of hydrogen-bond acceptors (Lipinski definition) is 4. The van der Waals surface area contributed by atoms with Crippen molar-refractivity contribution >= 4 is 17.8 Å². The molecule has 2 rings (SSSR count). The minimum atomic E-state index is -0.379. The van der Waals surface area contributed by atoms with Crippen molar-refractivity contribution in [2.45, 2.75) is 12.8 Å². The van der Waals surface area contributed by atoms with Crippen LogP contribution in [0.15, 0.2) is 24.4 Å². The second kappa shape index (κ2) is 6.17. The lowest BCUT2D eigenvalue weighted by Gasteiger charge is -2.30. The van der Waals surface area contributed by atoms with Gasteiger partial charge in [-0.05, 0) is 25.0 Å². The van der Waals surface area contributed by atoms with Crippen LogP contribution in [-0.2, 0) is 9.53 Å². The Balaban J connectivity index is 1.94. The van der Waals surface area contributed by atoms with E-state index in [2.05, 4.69) is 15.0 Å². The average molecular weight is 263 g/mol. The Morgan fingerprint density at radius 2 is 2.32 bits per heavy atom. The van der Waals surface area contributed by atoms with E-state index in [-0.39, 0.29) is 17.9 Å². The van der Waals surface area contributed by atoms with E-state index >= 15 is 0 Å². The highest BCUT2D eigenvalue weighted by Crippen LogP contribution is 2.18. The number of piperidine rings is 1. The van der Waals surface area contributed by atoms with Crippen LogP contribution in [0.5, 0.6) is 0 Å². The van der Waals surface area contributed by atoms with Crippen LogP contribution in [0, 0.1) is 5.92 Å². The molecule has 6 heteroatoms. The van der Waals surface area contributed by atoms with Crippen LogP contribution in [0.2, 0.25) is 0 Å². The van der Waals surface area contributed by atoms with Crippen LogP contribution in [0.4, 0.5) is 10.6 Å². The molecule has 6 nitrogen and oxygen atoms in total. The summed E-state index contributed by atoms with van der Waals surface area (Å²) in [5.74, 6) is 0.213. The molecule has 1 aromatic rings. The van der Waals surface area contributed by atoms with E-state index in [9.17, 15) is 9.59 Å².